The van der Waals surface area contributed by atoms with Gasteiger partial charge in [0, 0.05) is 23.0 Å². The lowest BCUT2D eigenvalue weighted by Crippen LogP contribution is -2.18. The van der Waals surface area contributed by atoms with Crippen molar-refractivity contribution in [2.24, 2.45) is 0 Å². The van der Waals surface area contributed by atoms with Gasteiger partial charge in [0.15, 0.2) is 0 Å². The second-order valence-electron chi connectivity index (χ2n) is 3.53. The fourth-order valence-corrected chi connectivity index (χ4v) is 2.14. The summed E-state index contributed by atoms with van der Waals surface area (Å²) in [6.45, 7) is 4.52. The monoisotopic (exact) mass is 239 g/mol. The average Bonchev–Trinajstić information content (AvgIpc) is 2.76. The number of rotatable bonds is 6. The first-order valence-electron chi connectivity index (χ1n) is 5.34. The fraction of sp³-hybridized carbons (Fsp3) is 0.417. The molecule has 1 aromatic heterocycles. The van der Waals surface area contributed by atoms with Crippen LogP contribution in [0.1, 0.15) is 31.2 Å². The number of nitrogens with one attached hydrogen (secondary N) is 1. The van der Waals surface area contributed by atoms with Crippen molar-refractivity contribution in [1.29, 1.82) is 0 Å². The predicted octanol–water partition coefficient (Wildman–Crippen LogP) is 2.82. The highest BCUT2D eigenvalue weighted by Gasteiger charge is 2.06. The van der Waals surface area contributed by atoms with Gasteiger partial charge in [0.2, 0.25) is 0 Å². The van der Waals surface area contributed by atoms with E-state index in [0.29, 0.717) is 18.5 Å². The van der Waals surface area contributed by atoms with Crippen molar-refractivity contribution in [2.45, 2.75) is 26.3 Å². The van der Waals surface area contributed by atoms with Gasteiger partial charge < -0.3 is 10.4 Å². The van der Waals surface area contributed by atoms with E-state index >= 15 is 0 Å². The molecule has 0 fully saturated rings. The largest absolute Gasteiger partial charge is 0.478 e. The third-order valence-electron chi connectivity index (χ3n) is 2.40. The molecule has 0 aromatic carbocycles. The van der Waals surface area contributed by atoms with Crippen LogP contribution in [-0.4, -0.2) is 17.6 Å². The molecule has 1 atom stereocenters. The minimum Gasteiger partial charge on any atom is -0.478 e. The van der Waals surface area contributed by atoms with Gasteiger partial charge in [-0.15, -0.1) is 11.3 Å². The van der Waals surface area contributed by atoms with Crippen LogP contribution in [0.2, 0.25) is 0 Å². The van der Waals surface area contributed by atoms with E-state index in [4.69, 9.17) is 5.11 Å². The van der Waals surface area contributed by atoms with Gasteiger partial charge in [-0.1, -0.05) is 19.1 Å². The summed E-state index contributed by atoms with van der Waals surface area (Å²) >= 11 is 1.70. The first-order chi connectivity index (χ1) is 7.65. The summed E-state index contributed by atoms with van der Waals surface area (Å²) in [5.41, 5.74) is 0.464. The van der Waals surface area contributed by atoms with Gasteiger partial charge in [-0.05, 0) is 24.8 Å². The summed E-state index contributed by atoms with van der Waals surface area (Å²) in [4.78, 5) is 12.0. The minimum absolute atomic E-state index is 0.267. The number of carboxylic acid groups (broad SMARTS) is 1. The Kier molecular flexibility index (Phi) is 5.22. The van der Waals surface area contributed by atoms with Gasteiger partial charge in [0.05, 0.1) is 0 Å². The number of thiophene rings is 1. The molecule has 1 aromatic rings. The molecular formula is C12H17NO2S. The summed E-state index contributed by atoms with van der Waals surface area (Å²) in [6.07, 6.45) is 2.30. The van der Waals surface area contributed by atoms with E-state index in [1.165, 1.54) is 4.88 Å². The molecule has 1 unspecified atom stereocenters. The number of hydrogen-bond donors (Lipinski definition) is 2. The maximum atomic E-state index is 10.7. The van der Waals surface area contributed by atoms with Gasteiger partial charge in [-0.3, -0.25) is 0 Å². The van der Waals surface area contributed by atoms with Crippen LogP contribution in [0.15, 0.2) is 29.2 Å². The predicted molar refractivity (Wildman–Crippen MR) is 66.7 cm³/mol. The van der Waals surface area contributed by atoms with Crippen LogP contribution in [0.5, 0.6) is 0 Å². The Bertz CT molecular complexity index is 357. The Balaban J connectivity index is 2.43. The third kappa shape index (κ3) is 3.79. The molecule has 1 rings (SSSR count). The summed E-state index contributed by atoms with van der Waals surface area (Å²) in [6, 6.07) is 4.36. The molecule has 1 heterocycles. The summed E-state index contributed by atoms with van der Waals surface area (Å²) < 4.78 is 0. The molecule has 0 aliphatic carbocycles. The quantitative estimate of drug-likeness (QED) is 0.750. The van der Waals surface area contributed by atoms with Crippen LogP contribution in [0.25, 0.3) is 0 Å². The lowest BCUT2D eigenvalue weighted by Gasteiger charge is -2.10. The van der Waals surface area contributed by atoms with Crippen molar-refractivity contribution >= 4 is 17.3 Å². The van der Waals surface area contributed by atoms with E-state index in [1.54, 1.807) is 17.4 Å². The second kappa shape index (κ2) is 6.45. The first kappa shape index (κ1) is 12.9. The van der Waals surface area contributed by atoms with Gasteiger partial charge in [-0.25, -0.2) is 4.79 Å². The lowest BCUT2D eigenvalue weighted by molar-refractivity contribution is -0.132. The fourth-order valence-electron chi connectivity index (χ4n) is 1.38. The molecule has 4 heteroatoms. The van der Waals surface area contributed by atoms with Crippen LogP contribution in [0.3, 0.4) is 0 Å². The lowest BCUT2D eigenvalue weighted by atomic mass is 10.2. The van der Waals surface area contributed by atoms with Gasteiger partial charge >= 0.3 is 5.97 Å². The Morgan fingerprint density at radius 1 is 1.69 bits per heavy atom. The van der Waals surface area contributed by atoms with Crippen LogP contribution in [-0.2, 0) is 4.79 Å². The number of aliphatic carboxylic acids is 1. The third-order valence-corrected chi connectivity index (χ3v) is 3.45. The molecule has 3 nitrogen and oxygen atoms in total. The van der Waals surface area contributed by atoms with Crippen molar-refractivity contribution in [1.82, 2.24) is 5.32 Å². The summed E-state index contributed by atoms with van der Waals surface area (Å²) in [5.74, 6) is -0.826. The molecule has 0 amide bonds. The normalized spacial score (nSPS) is 13.8. The highest BCUT2D eigenvalue weighted by Crippen LogP contribution is 2.17. The van der Waals surface area contributed by atoms with Crippen molar-refractivity contribution in [2.75, 3.05) is 6.54 Å². The van der Waals surface area contributed by atoms with Crippen LogP contribution in [0, 0.1) is 0 Å². The van der Waals surface area contributed by atoms with E-state index in [2.05, 4.69) is 18.3 Å². The first-order valence-corrected chi connectivity index (χ1v) is 6.22. The number of carboxylic acids is 1. The average molecular weight is 239 g/mol. The zero-order chi connectivity index (χ0) is 12.0. The Morgan fingerprint density at radius 3 is 2.94 bits per heavy atom. The van der Waals surface area contributed by atoms with E-state index in [0.717, 1.165) is 0 Å². The molecule has 16 heavy (non-hydrogen) atoms. The van der Waals surface area contributed by atoms with E-state index in [9.17, 15) is 4.79 Å². The maximum absolute atomic E-state index is 10.7. The van der Waals surface area contributed by atoms with E-state index in [1.807, 2.05) is 18.4 Å². The van der Waals surface area contributed by atoms with Gasteiger partial charge in [0.1, 0.15) is 0 Å². The van der Waals surface area contributed by atoms with Crippen molar-refractivity contribution in [3.8, 4) is 0 Å². The summed E-state index contributed by atoms with van der Waals surface area (Å²) in [5, 5.41) is 14.1. The Morgan fingerprint density at radius 2 is 2.44 bits per heavy atom. The molecule has 0 aliphatic heterocycles. The molecule has 0 saturated carbocycles. The highest BCUT2D eigenvalue weighted by molar-refractivity contribution is 7.10. The van der Waals surface area contributed by atoms with Gasteiger partial charge in [0.25, 0.3) is 0 Å². The van der Waals surface area contributed by atoms with Crippen LogP contribution < -0.4 is 5.32 Å². The van der Waals surface area contributed by atoms with Crippen LogP contribution >= 0.6 is 11.3 Å². The topological polar surface area (TPSA) is 49.3 Å². The maximum Gasteiger partial charge on any atom is 0.331 e. The number of hydrogen-bond acceptors (Lipinski definition) is 3. The molecule has 0 spiro atoms. The molecular weight excluding hydrogens is 222 g/mol. The SMILES string of the molecule is CC/C(=C/CNC(C)c1cccs1)C(=O)O. The van der Waals surface area contributed by atoms with E-state index < -0.39 is 5.97 Å². The second-order valence-corrected chi connectivity index (χ2v) is 4.51. The molecule has 0 radical (unpaired) electrons. The van der Waals surface area contributed by atoms with Gasteiger partial charge in [-0.2, -0.15) is 0 Å². The molecule has 0 saturated heterocycles. The van der Waals surface area contributed by atoms with E-state index in [-0.39, 0.29) is 6.04 Å². The molecule has 0 aliphatic rings. The Hall–Kier alpha value is -1.13. The number of carbonyl (C=O) groups is 1. The standard InChI is InChI=1S/C12H17NO2S/c1-3-10(12(14)15)6-7-13-9(2)11-5-4-8-16-11/h4-6,8-9,13H,3,7H2,1-2H3,(H,14,15)/b10-6-. The molecule has 0 bridgehead atoms. The Labute approximate surface area is 99.8 Å². The minimum atomic E-state index is -0.826. The highest BCUT2D eigenvalue weighted by atomic mass is 32.1. The smallest absolute Gasteiger partial charge is 0.331 e. The van der Waals surface area contributed by atoms with Crippen LogP contribution in [0.4, 0.5) is 0 Å². The van der Waals surface area contributed by atoms with Crippen molar-refractivity contribution in [3.63, 3.8) is 0 Å². The zero-order valence-electron chi connectivity index (χ0n) is 9.56. The molecule has 88 valence electrons. The van der Waals surface area contributed by atoms with Crippen molar-refractivity contribution < 1.29 is 9.90 Å². The summed E-state index contributed by atoms with van der Waals surface area (Å²) in [7, 11) is 0. The zero-order valence-corrected chi connectivity index (χ0v) is 10.4. The molecule has 2 N–H and O–H groups in total. The van der Waals surface area contributed by atoms with Crippen molar-refractivity contribution in [3.05, 3.63) is 34.0 Å².